The number of ether oxygens (including phenoxy) is 1. The third kappa shape index (κ3) is 5.57. The molecule has 0 aliphatic carbocycles. The van der Waals surface area contributed by atoms with Gasteiger partial charge in [-0.25, -0.2) is 4.99 Å². The molecule has 0 bridgehead atoms. The molecule has 0 spiro atoms. The van der Waals surface area contributed by atoms with E-state index in [1.807, 2.05) is 45.0 Å². The van der Waals surface area contributed by atoms with Gasteiger partial charge in [-0.15, -0.1) is 0 Å². The highest BCUT2D eigenvalue weighted by Crippen LogP contribution is 2.16. The maximum Gasteiger partial charge on any atom is 0.193 e. The van der Waals surface area contributed by atoms with Crippen LogP contribution in [0.15, 0.2) is 29.3 Å². The number of benzene rings is 1. The topological polar surface area (TPSA) is 59.6 Å². The van der Waals surface area contributed by atoms with Crippen molar-refractivity contribution < 1.29 is 4.74 Å². The van der Waals surface area contributed by atoms with Gasteiger partial charge in [0, 0.05) is 5.69 Å². The van der Waals surface area contributed by atoms with Crippen LogP contribution in [0.25, 0.3) is 0 Å². The summed E-state index contributed by atoms with van der Waals surface area (Å²) in [6, 6.07) is 7.69. The molecule has 0 saturated heterocycles. The molecule has 4 nitrogen and oxygen atoms in total. The predicted molar refractivity (Wildman–Crippen MR) is 77.2 cm³/mol. The number of nitrogens with one attached hydrogen (secondary N) is 1. The van der Waals surface area contributed by atoms with Crippen molar-refractivity contribution in [3.63, 3.8) is 0 Å². The Morgan fingerprint density at radius 2 is 1.89 bits per heavy atom. The van der Waals surface area contributed by atoms with Gasteiger partial charge in [-0.1, -0.05) is 6.92 Å². The number of hydrogen-bond donors (Lipinski definition) is 2. The number of anilines is 1. The van der Waals surface area contributed by atoms with Crippen molar-refractivity contribution in [3.8, 4) is 5.75 Å². The van der Waals surface area contributed by atoms with E-state index in [1.54, 1.807) is 0 Å². The quantitative estimate of drug-likeness (QED) is 0.637. The first kappa shape index (κ1) is 14.4. The van der Waals surface area contributed by atoms with Crippen molar-refractivity contribution in [3.05, 3.63) is 24.3 Å². The molecule has 0 atom stereocenters. The Balaban J connectivity index is 2.61. The van der Waals surface area contributed by atoms with Gasteiger partial charge < -0.3 is 15.8 Å². The zero-order chi connectivity index (χ0) is 13.6. The van der Waals surface area contributed by atoms with Crippen molar-refractivity contribution in [1.82, 2.24) is 0 Å². The minimum Gasteiger partial charge on any atom is -0.494 e. The van der Waals surface area contributed by atoms with Gasteiger partial charge in [0.25, 0.3) is 0 Å². The van der Waals surface area contributed by atoms with Crippen molar-refractivity contribution >= 4 is 11.6 Å². The molecule has 0 amide bonds. The van der Waals surface area contributed by atoms with E-state index in [4.69, 9.17) is 10.5 Å². The van der Waals surface area contributed by atoms with E-state index in [9.17, 15) is 0 Å². The lowest BCUT2D eigenvalue weighted by Gasteiger charge is -2.14. The van der Waals surface area contributed by atoms with Gasteiger partial charge in [-0.2, -0.15) is 0 Å². The number of rotatable bonds is 4. The minimum atomic E-state index is -0.179. The van der Waals surface area contributed by atoms with Crippen LogP contribution in [0.3, 0.4) is 0 Å². The Labute approximate surface area is 109 Å². The predicted octanol–water partition coefficient (Wildman–Crippen LogP) is 3.00. The summed E-state index contributed by atoms with van der Waals surface area (Å²) in [6.07, 6.45) is 1.01. The molecule has 0 aromatic heterocycles. The van der Waals surface area contributed by atoms with E-state index < -0.39 is 0 Å². The van der Waals surface area contributed by atoms with E-state index >= 15 is 0 Å². The molecule has 18 heavy (non-hydrogen) atoms. The van der Waals surface area contributed by atoms with Gasteiger partial charge in [-0.3, -0.25) is 0 Å². The molecule has 0 aliphatic rings. The summed E-state index contributed by atoms with van der Waals surface area (Å²) in [5.41, 5.74) is 6.55. The number of hydrogen-bond acceptors (Lipinski definition) is 2. The van der Waals surface area contributed by atoms with Gasteiger partial charge in [0.1, 0.15) is 5.75 Å². The van der Waals surface area contributed by atoms with Crippen LogP contribution in [-0.2, 0) is 0 Å². The number of guanidine groups is 1. The molecule has 0 fully saturated rings. The zero-order valence-corrected chi connectivity index (χ0v) is 11.7. The van der Waals surface area contributed by atoms with Crippen LogP contribution >= 0.6 is 0 Å². The van der Waals surface area contributed by atoms with Gasteiger partial charge in [0.15, 0.2) is 5.96 Å². The Morgan fingerprint density at radius 3 is 2.39 bits per heavy atom. The van der Waals surface area contributed by atoms with E-state index in [2.05, 4.69) is 17.2 Å². The second-order valence-electron chi connectivity index (χ2n) is 5.17. The normalized spacial score (nSPS) is 12.3. The first-order valence-electron chi connectivity index (χ1n) is 6.26. The molecule has 0 unspecified atom stereocenters. The van der Waals surface area contributed by atoms with Crippen LogP contribution in [0.4, 0.5) is 5.69 Å². The lowest BCUT2D eigenvalue weighted by atomic mass is 10.1. The van der Waals surface area contributed by atoms with Crippen molar-refractivity contribution in [2.45, 2.75) is 39.7 Å². The molecule has 3 N–H and O–H groups in total. The smallest absolute Gasteiger partial charge is 0.193 e. The van der Waals surface area contributed by atoms with E-state index in [0.29, 0.717) is 5.96 Å². The Hall–Kier alpha value is -1.71. The maximum atomic E-state index is 5.82. The van der Waals surface area contributed by atoms with Crippen LogP contribution in [-0.4, -0.2) is 18.1 Å². The number of nitrogens with two attached hydrogens (primary N) is 1. The fourth-order valence-electron chi connectivity index (χ4n) is 1.39. The molecule has 0 heterocycles. The summed E-state index contributed by atoms with van der Waals surface area (Å²) in [7, 11) is 0. The van der Waals surface area contributed by atoms with E-state index in [1.165, 1.54) is 0 Å². The molecule has 1 rings (SSSR count). The monoisotopic (exact) mass is 249 g/mol. The van der Waals surface area contributed by atoms with Crippen molar-refractivity contribution in [1.29, 1.82) is 0 Å². The number of nitrogens with zero attached hydrogens (tertiary/aromatic N) is 1. The fraction of sp³-hybridized carbons (Fsp3) is 0.500. The highest BCUT2D eigenvalue weighted by Gasteiger charge is 2.08. The van der Waals surface area contributed by atoms with Crippen LogP contribution in [0.2, 0.25) is 0 Å². The average molecular weight is 249 g/mol. The van der Waals surface area contributed by atoms with Crippen LogP contribution in [0.1, 0.15) is 34.1 Å². The summed E-state index contributed by atoms with van der Waals surface area (Å²) < 4.78 is 5.51. The summed E-state index contributed by atoms with van der Waals surface area (Å²) in [5.74, 6) is 1.29. The molecular weight excluding hydrogens is 226 g/mol. The molecule has 1 aromatic carbocycles. The average Bonchev–Trinajstić information content (AvgIpc) is 2.25. The molecule has 4 heteroatoms. The van der Waals surface area contributed by atoms with Gasteiger partial charge >= 0.3 is 0 Å². The lowest BCUT2D eigenvalue weighted by molar-refractivity contribution is 0.317. The van der Waals surface area contributed by atoms with E-state index in [0.717, 1.165) is 24.5 Å². The zero-order valence-electron chi connectivity index (χ0n) is 11.7. The van der Waals surface area contributed by atoms with Crippen molar-refractivity contribution in [2.75, 3.05) is 11.9 Å². The largest absolute Gasteiger partial charge is 0.494 e. The lowest BCUT2D eigenvalue weighted by Crippen LogP contribution is -2.27. The van der Waals surface area contributed by atoms with Gasteiger partial charge in [0.2, 0.25) is 0 Å². The molecule has 1 aromatic rings. The standard InChI is InChI=1S/C14H23N3O/c1-5-10-18-12-8-6-11(7-9-12)16-13(15)17-14(2,3)4/h6-9H,5,10H2,1-4H3,(H3,15,16,17). The molecular formula is C14H23N3O. The number of aliphatic imine (C=N–C) groups is 1. The maximum absolute atomic E-state index is 5.82. The Morgan fingerprint density at radius 1 is 1.28 bits per heavy atom. The summed E-state index contributed by atoms with van der Waals surface area (Å²) >= 11 is 0. The first-order valence-corrected chi connectivity index (χ1v) is 6.26. The molecule has 0 saturated carbocycles. The first-order chi connectivity index (χ1) is 8.40. The summed E-state index contributed by atoms with van der Waals surface area (Å²) in [6.45, 7) is 8.83. The molecule has 0 aliphatic heterocycles. The van der Waals surface area contributed by atoms with E-state index in [-0.39, 0.29) is 5.54 Å². The highest BCUT2D eigenvalue weighted by molar-refractivity contribution is 5.92. The second-order valence-corrected chi connectivity index (χ2v) is 5.17. The minimum absolute atomic E-state index is 0.179. The second kappa shape index (κ2) is 6.28. The third-order valence-electron chi connectivity index (χ3n) is 2.06. The Kier molecular flexibility index (Phi) is 5.01. The van der Waals surface area contributed by atoms with Crippen LogP contribution in [0.5, 0.6) is 5.75 Å². The van der Waals surface area contributed by atoms with Gasteiger partial charge in [-0.05, 0) is 51.5 Å². The highest BCUT2D eigenvalue weighted by atomic mass is 16.5. The van der Waals surface area contributed by atoms with Gasteiger partial charge in [0.05, 0.1) is 12.1 Å². The van der Waals surface area contributed by atoms with Crippen molar-refractivity contribution in [2.24, 2.45) is 10.7 Å². The Bertz CT molecular complexity index is 390. The van der Waals surface area contributed by atoms with Crippen LogP contribution in [0, 0.1) is 0 Å². The third-order valence-corrected chi connectivity index (χ3v) is 2.06. The fourth-order valence-corrected chi connectivity index (χ4v) is 1.39. The molecule has 0 radical (unpaired) electrons. The molecule has 100 valence electrons. The van der Waals surface area contributed by atoms with Crippen LogP contribution < -0.4 is 15.8 Å². The summed E-state index contributed by atoms with van der Waals surface area (Å²) in [5, 5.41) is 3.05. The SMILES string of the molecule is CCCOc1ccc(NC(N)=NC(C)(C)C)cc1. The summed E-state index contributed by atoms with van der Waals surface area (Å²) in [4.78, 5) is 4.33.